The van der Waals surface area contributed by atoms with Crippen LogP contribution in [-0.4, -0.2) is 28.6 Å². The molecule has 4 heterocycles. The summed E-state index contributed by atoms with van der Waals surface area (Å²) in [4.78, 5) is 4.86. The number of aromatic nitrogens is 3. The van der Waals surface area contributed by atoms with Crippen molar-refractivity contribution in [3.63, 3.8) is 0 Å². The fourth-order valence-corrected chi connectivity index (χ4v) is 3.73. The third-order valence-corrected chi connectivity index (χ3v) is 5.14. The highest BCUT2D eigenvalue weighted by atomic mass is 16.9. The molecule has 1 fully saturated rings. The Morgan fingerprint density at radius 2 is 1.79 bits per heavy atom. The Hall–Kier alpha value is -3.16. The number of hydrogen-bond donors (Lipinski definition) is 1. The van der Waals surface area contributed by atoms with Gasteiger partial charge >= 0.3 is 0 Å². The van der Waals surface area contributed by atoms with Gasteiger partial charge in [-0.1, -0.05) is 0 Å². The first-order valence-corrected chi connectivity index (χ1v) is 9.46. The lowest BCUT2D eigenvalue weighted by Crippen LogP contribution is -2.32. The van der Waals surface area contributed by atoms with Crippen LogP contribution in [-0.2, 0) is 9.47 Å². The smallest absolute Gasteiger partial charge is 0.192 e. The van der Waals surface area contributed by atoms with Gasteiger partial charge in [0.05, 0.1) is 18.2 Å². The van der Waals surface area contributed by atoms with Gasteiger partial charge in [-0.2, -0.15) is 5.10 Å². The van der Waals surface area contributed by atoms with Crippen LogP contribution in [0.25, 0.3) is 33.6 Å². The molecule has 1 aliphatic rings. The second-order valence-electron chi connectivity index (χ2n) is 7.11. The van der Waals surface area contributed by atoms with Gasteiger partial charge in [-0.3, -0.25) is 5.10 Å². The van der Waals surface area contributed by atoms with E-state index in [4.69, 9.17) is 23.6 Å². The number of nitrogens with one attached hydrogen (secondary N) is 1. The number of ether oxygens (including phenoxy) is 3. The maximum absolute atomic E-state index is 6.02. The number of aryl methyl sites for hydroxylation is 2. The Labute approximate surface area is 167 Å². The molecular weight excluding hydrogens is 370 g/mol. The van der Waals surface area contributed by atoms with Gasteiger partial charge in [-0.15, -0.1) is 0 Å². The number of hydrogen-bond acceptors (Lipinski definition) is 6. The molecule has 0 amide bonds. The van der Waals surface area contributed by atoms with E-state index in [1.807, 2.05) is 57.2 Å². The molecule has 1 aliphatic heterocycles. The number of aromatic amines is 1. The molecule has 7 nitrogen and oxygen atoms in total. The second kappa shape index (κ2) is 6.72. The summed E-state index contributed by atoms with van der Waals surface area (Å²) in [6, 6.07) is 11.6. The molecule has 0 saturated carbocycles. The average Bonchev–Trinajstić information content (AvgIpc) is 3.30. The molecule has 7 heteroatoms. The van der Waals surface area contributed by atoms with Gasteiger partial charge in [0.1, 0.15) is 17.3 Å². The zero-order chi connectivity index (χ0) is 20.1. The van der Waals surface area contributed by atoms with Crippen molar-refractivity contribution in [2.45, 2.75) is 33.4 Å². The van der Waals surface area contributed by atoms with Crippen LogP contribution in [0.1, 0.15) is 30.2 Å². The Morgan fingerprint density at radius 1 is 1.03 bits per heavy atom. The lowest BCUT2D eigenvalue weighted by atomic mass is 9.95. The number of furan rings is 1. The summed E-state index contributed by atoms with van der Waals surface area (Å²) in [7, 11) is 1.64. The third-order valence-electron chi connectivity index (χ3n) is 5.14. The standard InChI is InChI=1S/C22H21N3O4/c1-11-5-10-16(27-11)18-17-12(2)24-25-21(17)23-20(19(18)22-28-13(3)29-22)14-6-8-15(26-4)9-7-14/h5-10,13,22H,1-4H3,(H,23,24,25). The van der Waals surface area contributed by atoms with Crippen molar-refractivity contribution < 1.29 is 18.6 Å². The molecule has 0 spiro atoms. The summed E-state index contributed by atoms with van der Waals surface area (Å²) in [6.45, 7) is 5.76. The highest BCUT2D eigenvalue weighted by Gasteiger charge is 2.36. The number of benzene rings is 1. The summed E-state index contributed by atoms with van der Waals surface area (Å²) in [5.74, 6) is 2.33. The van der Waals surface area contributed by atoms with E-state index in [0.717, 1.165) is 50.7 Å². The molecule has 4 aromatic rings. The van der Waals surface area contributed by atoms with Gasteiger partial charge in [-0.05, 0) is 57.2 Å². The number of methoxy groups -OCH3 is 1. The summed E-state index contributed by atoms with van der Waals surface area (Å²) < 4.78 is 23.1. The van der Waals surface area contributed by atoms with Crippen molar-refractivity contribution in [2.24, 2.45) is 0 Å². The van der Waals surface area contributed by atoms with Crippen molar-refractivity contribution >= 4 is 11.0 Å². The number of pyridine rings is 1. The zero-order valence-corrected chi connectivity index (χ0v) is 16.6. The fourth-order valence-electron chi connectivity index (χ4n) is 3.73. The van der Waals surface area contributed by atoms with Crippen molar-refractivity contribution in [1.29, 1.82) is 0 Å². The van der Waals surface area contributed by atoms with Gasteiger partial charge in [0.2, 0.25) is 0 Å². The highest BCUT2D eigenvalue weighted by Crippen LogP contribution is 2.46. The lowest BCUT2D eigenvalue weighted by Gasteiger charge is -2.35. The van der Waals surface area contributed by atoms with Crippen LogP contribution in [0.15, 0.2) is 40.8 Å². The number of nitrogens with zero attached hydrogens (tertiary/aromatic N) is 2. The summed E-state index contributed by atoms with van der Waals surface area (Å²) in [5, 5.41) is 8.35. The number of rotatable bonds is 4. The monoisotopic (exact) mass is 391 g/mol. The van der Waals surface area contributed by atoms with Gasteiger partial charge in [0.15, 0.2) is 18.2 Å². The van der Waals surface area contributed by atoms with Gasteiger partial charge in [-0.25, -0.2) is 4.98 Å². The van der Waals surface area contributed by atoms with Gasteiger partial charge < -0.3 is 18.6 Å². The predicted octanol–water partition coefficient (Wildman–Crippen LogP) is 4.90. The molecule has 1 N–H and O–H groups in total. The first-order chi connectivity index (χ1) is 14.0. The largest absolute Gasteiger partial charge is 0.497 e. The first kappa shape index (κ1) is 17.9. The second-order valence-corrected chi connectivity index (χ2v) is 7.11. The van der Waals surface area contributed by atoms with E-state index in [-0.39, 0.29) is 6.29 Å². The van der Waals surface area contributed by atoms with Crippen LogP contribution in [0.5, 0.6) is 5.75 Å². The van der Waals surface area contributed by atoms with E-state index in [1.165, 1.54) is 0 Å². The Kier molecular flexibility index (Phi) is 4.15. The Bertz CT molecular complexity index is 1190. The molecule has 148 valence electrons. The van der Waals surface area contributed by atoms with Crippen LogP contribution in [0.2, 0.25) is 0 Å². The van der Waals surface area contributed by atoms with Gasteiger partial charge in [0, 0.05) is 22.4 Å². The Morgan fingerprint density at radius 3 is 2.41 bits per heavy atom. The minimum absolute atomic E-state index is 0.268. The van der Waals surface area contributed by atoms with Crippen LogP contribution >= 0.6 is 0 Å². The summed E-state index contributed by atoms with van der Waals surface area (Å²) in [5.41, 5.74) is 4.91. The normalized spacial score (nSPS) is 18.8. The molecule has 5 rings (SSSR count). The molecule has 3 aromatic heterocycles. The predicted molar refractivity (Wildman–Crippen MR) is 107 cm³/mol. The maximum atomic E-state index is 6.02. The van der Waals surface area contributed by atoms with Crippen LogP contribution in [0, 0.1) is 13.8 Å². The van der Waals surface area contributed by atoms with Crippen LogP contribution in [0.4, 0.5) is 0 Å². The molecule has 1 saturated heterocycles. The fraction of sp³-hybridized carbons (Fsp3) is 0.273. The lowest BCUT2D eigenvalue weighted by molar-refractivity contribution is -0.382. The minimum atomic E-state index is -0.534. The topological polar surface area (TPSA) is 82.4 Å². The van der Waals surface area contributed by atoms with E-state index >= 15 is 0 Å². The minimum Gasteiger partial charge on any atom is -0.497 e. The zero-order valence-electron chi connectivity index (χ0n) is 16.6. The molecule has 1 aromatic carbocycles. The first-order valence-electron chi connectivity index (χ1n) is 9.46. The summed E-state index contributed by atoms with van der Waals surface area (Å²) in [6.07, 6.45) is -0.801. The van der Waals surface area contributed by atoms with E-state index < -0.39 is 6.29 Å². The van der Waals surface area contributed by atoms with E-state index in [2.05, 4.69) is 10.2 Å². The molecule has 0 radical (unpaired) electrons. The number of H-pyrrole nitrogens is 1. The maximum Gasteiger partial charge on any atom is 0.192 e. The third kappa shape index (κ3) is 2.90. The molecule has 0 aliphatic carbocycles. The van der Waals surface area contributed by atoms with Crippen molar-refractivity contribution in [1.82, 2.24) is 15.2 Å². The SMILES string of the molecule is COc1ccc(-c2nc3n[nH]c(C)c3c(-c3ccc(C)o3)c2C2OC(C)O2)cc1. The molecular formula is C22H21N3O4. The van der Waals surface area contributed by atoms with Gasteiger partial charge in [0.25, 0.3) is 0 Å². The number of fused-ring (bicyclic) bond motifs is 1. The highest BCUT2D eigenvalue weighted by molar-refractivity contribution is 5.98. The Balaban J connectivity index is 1.83. The van der Waals surface area contributed by atoms with Crippen LogP contribution in [0.3, 0.4) is 0 Å². The van der Waals surface area contributed by atoms with E-state index in [0.29, 0.717) is 5.65 Å². The molecule has 0 atom stereocenters. The molecule has 0 unspecified atom stereocenters. The van der Waals surface area contributed by atoms with E-state index in [1.54, 1.807) is 7.11 Å². The quantitative estimate of drug-likeness (QED) is 0.533. The van der Waals surface area contributed by atoms with E-state index in [9.17, 15) is 0 Å². The van der Waals surface area contributed by atoms with Crippen molar-refractivity contribution in [3.05, 3.63) is 53.4 Å². The average molecular weight is 391 g/mol. The molecule has 0 bridgehead atoms. The molecule has 29 heavy (non-hydrogen) atoms. The van der Waals surface area contributed by atoms with Crippen molar-refractivity contribution in [3.8, 4) is 28.3 Å². The summed E-state index contributed by atoms with van der Waals surface area (Å²) >= 11 is 0. The van der Waals surface area contributed by atoms with Crippen LogP contribution < -0.4 is 4.74 Å². The van der Waals surface area contributed by atoms with Crippen molar-refractivity contribution in [2.75, 3.05) is 7.11 Å².